The molecule has 0 aromatic heterocycles. The zero-order valence-corrected chi connectivity index (χ0v) is 35.8. The Balaban J connectivity index is 1.68. The molecule has 0 spiro atoms. The number of carboxylic acids is 1. The molecule has 56 heavy (non-hydrogen) atoms. The minimum absolute atomic E-state index is 0.0463. The fourth-order valence-electron chi connectivity index (χ4n) is 7.10. The third-order valence-electron chi connectivity index (χ3n) is 10.7. The number of hydrogen-bond donors (Lipinski definition) is 2. The van der Waals surface area contributed by atoms with Crippen LogP contribution in [0.15, 0.2) is 115 Å². The van der Waals surface area contributed by atoms with E-state index in [1.807, 2.05) is 97.9 Å². The minimum atomic E-state index is -3.27. The molecule has 0 aliphatic carbocycles. The van der Waals surface area contributed by atoms with Crippen molar-refractivity contribution in [2.45, 2.75) is 97.3 Å². The zero-order chi connectivity index (χ0) is 41.1. The topological polar surface area (TPSA) is 122 Å². The molecule has 4 aromatic carbocycles. The number of benzene rings is 4. The van der Waals surface area contributed by atoms with Crippen LogP contribution in [0.25, 0.3) is 0 Å². The van der Waals surface area contributed by atoms with Crippen molar-refractivity contribution < 1.29 is 33.4 Å². The van der Waals surface area contributed by atoms with E-state index in [2.05, 4.69) is 39.2 Å². The number of alkyl carbamates (subject to hydrolysis) is 1. The summed E-state index contributed by atoms with van der Waals surface area (Å²) in [5, 5.41) is 16.4. The summed E-state index contributed by atoms with van der Waals surface area (Å²) in [4.78, 5) is 57.2. The summed E-state index contributed by atoms with van der Waals surface area (Å²) in [5.74, 6) is -2.64. The Hall–Kier alpha value is -4.76. The molecule has 1 saturated heterocycles. The Bertz CT molecular complexity index is 2010. The average molecular weight is 795 g/mol. The molecule has 2 N–H and O–H groups in total. The van der Waals surface area contributed by atoms with Gasteiger partial charge in [0, 0.05) is 25.4 Å². The van der Waals surface area contributed by atoms with Crippen molar-refractivity contribution in [1.29, 1.82) is 0 Å². The number of rotatable bonds is 13. The Labute approximate surface area is 332 Å². The number of carboxylic acid groups (broad SMARTS) is 1. The van der Waals surface area contributed by atoms with Crippen LogP contribution in [0.2, 0.25) is 18.1 Å². The predicted octanol–water partition coefficient (Wildman–Crippen LogP) is 7.73. The normalized spacial score (nSPS) is 16.7. The summed E-state index contributed by atoms with van der Waals surface area (Å²) < 4.78 is 12.2. The summed E-state index contributed by atoms with van der Waals surface area (Å²) in [6.07, 6.45) is -1.30. The first-order valence-electron chi connectivity index (χ1n) is 19.0. The van der Waals surface area contributed by atoms with Gasteiger partial charge in [-0.05, 0) is 73.4 Å². The molecule has 4 aromatic rings. The number of ketones is 1. The van der Waals surface area contributed by atoms with Crippen LogP contribution in [0.5, 0.6) is 0 Å². The van der Waals surface area contributed by atoms with Crippen molar-refractivity contribution in [3.8, 4) is 0 Å². The Morgan fingerprint density at radius 1 is 0.804 bits per heavy atom. The fraction of sp³-hybridized carbons (Fsp3) is 0.356. The lowest BCUT2D eigenvalue weighted by atomic mass is 9.79. The lowest BCUT2D eigenvalue weighted by Gasteiger charge is -2.52. The second kappa shape index (κ2) is 16.8. The number of carbonyl (C=O) groups is 4. The number of likely N-dealkylation sites (tertiary alicyclic amines) is 1. The van der Waals surface area contributed by atoms with Crippen LogP contribution in [0.4, 0.5) is 4.79 Å². The first kappa shape index (κ1) is 42.4. The van der Waals surface area contributed by atoms with Crippen molar-refractivity contribution >= 4 is 60.3 Å². The lowest BCUT2D eigenvalue weighted by Crippen LogP contribution is -2.69. The van der Waals surface area contributed by atoms with Gasteiger partial charge in [0.15, 0.2) is 14.1 Å². The number of Topliss-reactive ketones (excluding diaryl/α,β-unsaturated/α-hetero) is 1. The van der Waals surface area contributed by atoms with E-state index in [1.54, 1.807) is 45.0 Å². The second-order valence-corrected chi connectivity index (χ2v) is 24.9. The van der Waals surface area contributed by atoms with Gasteiger partial charge >= 0.3 is 12.1 Å². The lowest BCUT2D eigenvalue weighted by molar-refractivity contribution is -0.155. The van der Waals surface area contributed by atoms with Crippen LogP contribution in [0, 0.1) is 5.92 Å². The molecule has 5 rings (SSSR count). The molecule has 1 fully saturated rings. The second-order valence-electron chi connectivity index (χ2n) is 16.9. The smallest absolute Gasteiger partial charge is 0.407 e. The summed E-state index contributed by atoms with van der Waals surface area (Å²) in [6, 6.07) is 34.7. The molecule has 0 unspecified atom stereocenters. The molecule has 2 amide bonds. The molecule has 296 valence electrons. The molecule has 0 saturated carbocycles. The van der Waals surface area contributed by atoms with Crippen LogP contribution in [-0.4, -0.2) is 65.2 Å². The van der Waals surface area contributed by atoms with E-state index in [0.29, 0.717) is 11.1 Å². The number of amides is 2. The van der Waals surface area contributed by atoms with E-state index in [9.17, 15) is 24.3 Å². The van der Waals surface area contributed by atoms with Gasteiger partial charge < -0.3 is 24.5 Å². The number of carbonyl (C=O) groups excluding carboxylic acids is 3. The molecule has 1 aliphatic rings. The van der Waals surface area contributed by atoms with Crippen LogP contribution >= 0.6 is 6.89 Å². The number of ether oxygens (including phenoxy) is 1. The highest BCUT2D eigenvalue weighted by Gasteiger charge is 2.57. The summed E-state index contributed by atoms with van der Waals surface area (Å²) in [6.45, 7) is 14.7. The van der Waals surface area contributed by atoms with E-state index < -0.39 is 50.9 Å². The highest BCUT2D eigenvalue weighted by molar-refractivity contribution is 7.96. The third kappa shape index (κ3) is 8.93. The Kier molecular flexibility index (Phi) is 12.7. The minimum Gasteiger partial charge on any atom is -0.477 e. The van der Waals surface area contributed by atoms with E-state index in [1.165, 1.54) is 4.90 Å². The quantitative estimate of drug-likeness (QED) is 0.0615. The SMILES string of the molecule is C[C@@H](O[Si](C)(C)C(C)(C)C)[C@H]1C(=O)N(C(C(=O)O)=P(c2ccccc2)(c2ccccc2)c2ccccc2)[C@@H]1CC(=O)c1cccc(CNC(=O)OC(C)(C)C)c1. The molecule has 0 bridgehead atoms. The molecule has 9 nitrogen and oxygen atoms in total. The number of nitrogens with one attached hydrogen (secondary N) is 1. The average Bonchev–Trinajstić information content (AvgIpc) is 3.13. The first-order valence-corrected chi connectivity index (χ1v) is 23.7. The standard InChI is InChI=1S/C45H55N2O7PSi/c1-31(54-56(8,9)45(5,6)7)39-37(29-38(48)33-21-19-20-32(28-33)30-46-43(52)53-44(2,3)4)47(40(39)49)41(42(50)51)55(34-22-13-10-14-23-34,35-24-15-11-16-25-35)36-26-17-12-18-27-36/h10-28,31,37,39H,29-30H2,1-9H3,(H,46,52)(H,50,51)/t31-,37-,39-/m1/s1. The predicted molar refractivity (Wildman–Crippen MR) is 228 cm³/mol. The van der Waals surface area contributed by atoms with Gasteiger partial charge in [-0.1, -0.05) is 130 Å². The molecule has 11 heteroatoms. The van der Waals surface area contributed by atoms with E-state index >= 15 is 0 Å². The maximum absolute atomic E-state index is 14.9. The van der Waals surface area contributed by atoms with Gasteiger partial charge in [0.25, 0.3) is 0 Å². The molecular formula is C45H55N2O7PSi. The van der Waals surface area contributed by atoms with Crippen LogP contribution in [0.3, 0.4) is 0 Å². The van der Waals surface area contributed by atoms with Gasteiger partial charge in [0.05, 0.1) is 18.1 Å². The van der Waals surface area contributed by atoms with Crippen molar-refractivity contribution in [3.05, 3.63) is 126 Å². The third-order valence-corrected chi connectivity index (χ3v) is 19.5. The van der Waals surface area contributed by atoms with Gasteiger partial charge in [-0.15, -0.1) is 0 Å². The maximum Gasteiger partial charge on any atom is 0.407 e. The van der Waals surface area contributed by atoms with Gasteiger partial charge in [-0.2, -0.15) is 0 Å². The molecule has 0 radical (unpaired) electrons. The van der Waals surface area contributed by atoms with Gasteiger partial charge in [-0.3, -0.25) is 9.59 Å². The number of β-lactam (4-membered cyclic amide) rings is 1. The summed E-state index contributed by atoms with van der Waals surface area (Å²) in [5.41, 5.74) is 0.365. The number of nitrogens with zero attached hydrogens (tertiary/aromatic N) is 1. The zero-order valence-electron chi connectivity index (χ0n) is 33.9. The van der Waals surface area contributed by atoms with E-state index in [-0.39, 0.29) is 35.1 Å². The van der Waals surface area contributed by atoms with Gasteiger partial charge in [0.2, 0.25) is 5.91 Å². The number of hydrogen-bond acceptors (Lipinski definition) is 6. The van der Waals surface area contributed by atoms with Crippen molar-refractivity contribution in [2.75, 3.05) is 0 Å². The van der Waals surface area contributed by atoms with Gasteiger partial charge in [0.1, 0.15) is 11.0 Å². The van der Waals surface area contributed by atoms with Crippen LogP contribution in [-0.2, 0) is 25.3 Å². The highest BCUT2D eigenvalue weighted by Crippen LogP contribution is 2.50. The van der Waals surface area contributed by atoms with Crippen molar-refractivity contribution in [1.82, 2.24) is 10.2 Å². The Morgan fingerprint density at radius 2 is 1.30 bits per heavy atom. The molecule has 3 atom stereocenters. The van der Waals surface area contributed by atoms with Crippen LogP contribution in [0.1, 0.15) is 70.8 Å². The van der Waals surface area contributed by atoms with Crippen LogP contribution < -0.4 is 21.2 Å². The molecule has 1 heterocycles. The fourth-order valence-corrected chi connectivity index (χ4v) is 12.9. The largest absolute Gasteiger partial charge is 0.477 e. The van der Waals surface area contributed by atoms with Crippen molar-refractivity contribution in [3.63, 3.8) is 0 Å². The first-order chi connectivity index (χ1) is 26.3. The van der Waals surface area contributed by atoms with E-state index in [0.717, 1.165) is 15.9 Å². The summed E-state index contributed by atoms with van der Waals surface area (Å²) >= 11 is 0. The van der Waals surface area contributed by atoms with Gasteiger partial charge in [-0.25, -0.2) is 9.59 Å². The highest BCUT2D eigenvalue weighted by atomic mass is 31.2. The number of aliphatic carboxylic acids is 1. The Morgan fingerprint density at radius 3 is 1.75 bits per heavy atom. The van der Waals surface area contributed by atoms with Crippen molar-refractivity contribution in [2.24, 2.45) is 5.92 Å². The van der Waals surface area contributed by atoms with E-state index in [4.69, 9.17) is 9.16 Å². The molecule has 1 aliphatic heterocycles. The monoisotopic (exact) mass is 794 g/mol. The summed E-state index contributed by atoms with van der Waals surface area (Å²) in [7, 11) is -2.40. The molecular weight excluding hydrogens is 740 g/mol. The maximum atomic E-state index is 14.9.